The van der Waals surface area contributed by atoms with Crippen molar-refractivity contribution in [3.63, 3.8) is 0 Å². The van der Waals surface area contributed by atoms with Gasteiger partial charge in [-0.25, -0.2) is 4.39 Å². The number of carbonyl (C=O) groups is 1. The SMILES string of the molecule is COC(=O)C(N)C1(c2cccc(F)c2C)CC1. The zero-order chi connectivity index (χ0) is 12.6. The second-order valence-electron chi connectivity index (χ2n) is 4.57. The van der Waals surface area contributed by atoms with Gasteiger partial charge in [0.25, 0.3) is 0 Å². The molecule has 1 unspecified atom stereocenters. The van der Waals surface area contributed by atoms with Crippen LogP contribution in [0, 0.1) is 12.7 Å². The van der Waals surface area contributed by atoms with Gasteiger partial charge in [0, 0.05) is 5.41 Å². The standard InChI is InChI=1S/C13H16FNO2/c1-8-9(4-3-5-10(8)14)13(6-7-13)11(15)12(16)17-2/h3-5,11H,6-7,15H2,1-2H3. The molecule has 1 fully saturated rings. The van der Waals surface area contributed by atoms with E-state index >= 15 is 0 Å². The fraction of sp³-hybridized carbons (Fsp3) is 0.462. The highest BCUT2D eigenvalue weighted by Gasteiger charge is 2.53. The van der Waals surface area contributed by atoms with E-state index in [2.05, 4.69) is 4.74 Å². The molecular formula is C13H16FNO2. The Hall–Kier alpha value is -1.42. The number of benzene rings is 1. The van der Waals surface area contributed by atoms with Crippen molar-refractivity contribution in [1.82, 2.24) is 0 Å². The molecule has 0 spiro atoms. The first kappa shape index (κ1) is 12.0. The summed E-state index contributed by atoms with van der Waals surface area (Å²) in [5.41, 5.74) is 6.89. The largest absolute Gasteiger partial charge is 0.468 e. The highest BCUT2D eigenvalue weighted by Crippen LogP contribution is 2.51. The topological polar surface area (TPSA) is 52.3 Å². The predicted molar refractivity (Wildman–Crippen MR) is 62.0 cm³/mol. The lowest BCUT2D eigenvalue weighted by molar-refractivity contribution is -0.143. The van der Waals surface area contributed by atoms with Crippen molar-refractivity contribution in [1.29, 1.82) is 0 Å². The maximum atomic E-state index is 13.5. The monoisotopic (exact) mass is 237 g/mol. The number of rotatable bonds is 3. The van der Waals surface area contributed by atoms with Crippen LogP contribution in [0.4, 0.5) is 4.39 Å². The Bertz CT molecular complexity index is 455. The van der Waals surface area contributed by atoms with Crippen LogP contribution < -0.4 is 5.73 Å². The molecule has 0 aliphatic heterocycles. The van der Waals surface area contributed by atoms with Gasteiger partial charge in [0.2, 0.25) is 0 Å². The maximum absolute atomic E-state index is 13.5. The Labute approximate surface area is 99.8 Å². The number of nitrogens with two attached hydrogens (primary N) is 1. The molecule has 0 radical (unpaired) electrons. The van der Waals surface area contributed by atoms with E-state index in [4.69, 9.17) is 5.73 Å². The number of hydrogen-bond acceptors (Lipinski definition) is 3. The molecule has 4 heteroatoms. The molecule has 1 aliphatic carbocycles. The molecule has 0 amide bonds. The molecule has 3 nitrogen and oxygen atoms in total. The van der Waals surface area contributed by atoms with E-state index in [9.17, 15) is 9.18 Å². The van der Waals surface area contributed by atoms with Gasteiger partial charge in [0.05, 0.1) is 7.11 Å². The Kier molecular flexibility index (Phi) is 2.91. The van der Waals surface area contributed by atoms with Gasteiger partial charge >= 0.3 is 5.97 Å². The van der Waals surface area contributed by atoms with Crippen LogP contribution in [0.15, 0.2) is 18.2 Å². The summed E-state index contributed by atoms with van der Waals surface area (Å²) in [7, 11) is 1.32. The highest BCUT2D eigenvalue weighted by molar-refractivity contribution is 5.79. The van der Waals surface area contributed by atoms with Gasteiger partial charge in [-0.2, -0.15) is 0 Å². The van der Waals surface area contributed by atoms with Gasteiger partial charge in [-0.3, -0.25) is 4.79 Å². The second-order valence-corrected chi connectivity index (χ2v) is 4.57. The molecule has 1 saturated carbocycles. The lowest BCUT2D eigenvalue weighted by Gasteiger charge is -2.23. The van der Waals surface area contributed by atoms with Gasteiger partial charge in [-0.1, -0.05) is 12.1 Å². The summed E-state index contributed by atoms with van der Waals surface area (Å²) >= 11 is 0. The third kappa shape index (κ3) is 1.82. The average molecular weight is 237 g/mol. The van der Waals surface area contributed by atoms with E-state index in [0.29, 0.717) is 5.56 Å². The summed E-state index contributed by atoms with van der Waals surface area (Å²) in [6.07, 6.45) is 1.60. The minimum atomic E-state index is -0.715. The lowest BCUT2D eigenvalue weighted by Crippen LogP contribution is -2.43. The van der Waals surface area contributed by atoms with E-state index in [1.54, 1.807) is 13.0 Å². The van der Waals surface area contributed by atoms with Crippen LogP contribution in [-0.4, -0.2) is 19.1 Å². The van der Waals surface area contributed by atoms with Crippen molar-refractivity contribution >= 4 is 5.97 Å². The zero-order valence-electron chi connectivity index (χ0n) is 10.00. The maximum Gasteiger partial charge on any atom is 0.323 e. The summed E-state index contributed by atoms with van der Waals surface area (Å²) in [5.74, 6) is -0.697. The van der Waals surface area contributed by atoms with Crippen LogP contribution in [0.5, 0.6) is 0 Å². The van der Waals surface area contributed by atoms with Crippen molar-refractivity contribution in [3.05, 3.63) is 35.1 Å². The molecule has 0 aromatic heterocycles. The minimum absolute atomic E-state index is 0.258. The number of hydrogen-bond donors (Lipinski definition) is 1. The van der Waals surface area contributed by atoms with Gasteiger partial charge in [-0.05, 0) is 37.0 Å². The predicted octanol–water partition coefficient (Wildman–Crippen LogP) is 1.67. The number of ether oxygens (including phenoxy) is 1. The van der Waals surface area contributed by atoms with Crippen LogP contribution in [0.2, 0.25) is 0 Å². The summed E-state index contributed by atoms with van der Waals surface area (Å²) in [6.45, 7) is 1.72. The molecule has 1 aromatic rings. The van der Waals surface area contributed by atoms with E-state index in [1.807, 2.05) is 6.07 Å². The van der Waals surface area contributed by atoms with Crippen molar-refractivity contribution in [2.75, 3.05) is 7.11 Å². The van der Waals surface area contributed by atoms with Gasteiger partial charge in [0.15, 0.2) is 0 Å². The van der Waals surface area contributed by atoms with Crippen LogP contribution in [0.1, 0.15) is 24.0 Å². The third-order valence-electron chi connectivity index (χ3n) is 3.64. The quantitative estimate of drug-likeness (QED) is 0.813. The van der Waals surface area contributed by atoms with Gasteiger partial charge in [0.1, 0.15) is 11.9 Å². The summed E-state index contributed by atoms with van der Waals surface area (Å²) in [4.78, 5) is 11.5. The second kappa shape index (κ2) is 4.11. The van der Waals surface area contributed by atoms with Crippen LogP contribution in [-0.2, 0) is 14.9 Å². The highest BCUT2D eigenvalue weighted by atomic mass is 19.1. The fourth-order valence-electron chi connectivity index (χ4n) is 2.38. The molecule has 0 heterocycles. The van der Waals surface area contributed by atoms with Crippen LogP contribution in [0.25, 0.3) is 0 Å². The first-order chi connectivity index (χ1) is 8.03. The minimum Gasteiger partial charge on any atom is -0.468 e. The smallest absolute Gasteiger partial charge is 0.323 e. The molecule has 1 aliphatic rings. The number of halogens is 1. The molecule has 0 bridgehead atoms. The van der Waals surface area contributed by atoms with E-state index in [0.717, 1.165) is 18.4 Å². The Morgan fingerprint density at radius 2 is 2.18 bits per heavy atom. The fourth-order valence-corrected chi connectivity index (χ4v) is 2.38. The first-order valence-electron chi connectivity index (χ1n) is 5.62. The molecule has 0 saturated heterocycles. The Balaban J connectivity index is 2.39. The summed E-state index contributed by atoms with van der Waals surface area (Å²) < 4.78 is 18.2. The molecular weight excluding hydrogens is 221 g/mol. The molecule has 17 heavy (non-hydrogen) atoms. The Morgan fingerprint density at radius 3 is 2.71 bits per heavy atom. The lowest BCUT2D eigenvalue weighted by atomic mass is 9.85. The van der Waals surface area contributed by atoms with Crippen molar-refractivity contribution in [2.24, 2.45) is 5.73 Å². The van der Waals surface area contributed by atoms with Gasteiger partial charge in [-0.15, -0.1) is 0 Å². The molecule has 1 aromatic carbocycles. The zero-order valence-corrected chi connectivity index (χ0v) is 10.00. The van der Waals surface area contributed by atoms with Crippen LogP contribution in [0.3, 0.4) is 0 Å². The van der Waals surface area contributed by atoms with E-state index in [-0.39, 0.29) is 5.82 Å². The van der Waals surface area contributed by atoms with Crippen LogP contribution >= 0.6 is 0 Å². The summed E-state index contributed by atoms with van der Waals surface area (Å²) in [6, 6.07) is 4.20. The number of carbonyl (C=O) groups excluding carboxylic acids is 1. The molecule has 2 N–H and O–H groups in total. The third-order valence-corrected chi connectivity index (χ3v) is 3.64. The van der Waals surface area contributed by atoms with Crippen molar-refractivity contribution in [2.45, 2.75) is 31.2 Å². The summed E-state index contributed by atoms with van der Waals surface area (Å²) in [5, 5.41) is 0. The first-order valence-corrected chi connectivity index (χ1v) is 5.62. The van der Waals surface area contributed by atoms with E-state index in [1.165, 1.54) is 13.2 Å². The Morgan fingerprint density at radius 1 is 1.53 bits per heavy atom. The average Bonchev–Trinajstić information content (AvgIpc) is 3.12. The van der Waals surface area contributed by atoms with Crippen molar-refractivity contribution in [3.8, 4) is 0 Å². The van der Waals surface area contributed by atoms with E-state index < -0.39 is 17.4 Å². The number of methoxy groups -OCH3 is 1. The molecule has 2 rings (SSSR count). The van der Waals surface area contributed by atoms with Gasteiger partial charge < -0.3 is 10.5 Å². The van der Waals surface area contributed by atoms with Crippen molar-refractivity contribution < 1.29 is 13.9 Å². The number of esters is 1. The molecule has 1 atom stereocenters. The normalized spacial score (nSPS) is 18.6. The molecule has 92 valence electrons.